The molecule has 0 fully saturated rings. The van der Waals surface area contributed by atoms with Crippen LogP contribution in [0.1, 0.15) is 0 Å². The molecule has 0 bridgehead atoms. The van der Waals surface area contributed by atoms with Gasteiger partial charge in [0.15, 0.2) is 5.58 Å². The van der Waals surface area contributed by atoms with Crippen LogP contribution in [0.2, 0.25) is 0 Å². The van der Waals surface area contributed by atoms with Crippen molar-refractivity contribution < 1.29 is 4.42 Å². The van der Waals surface area contributed by atoms with Crippen LogP contribution < -0.4 is 0 Å². The van der Waals surface area contributed by atoms with Crippen LogP contribution in [-0.4, -0.2) is 18.9 Å². The predicted molar refractivity (Wildman–Crippen MR) is 227 cm³/mol. The van der Waals surface area contributed by atoms with Gasteiger partial charge in [0.05, 0.1) is 27.6 Å². The van der Waals surface area contributed by atoms with Crippen molar-refractivity contribution in [2.75, 3.05) is 0 Å². The summed E-state index contributed by atoms with van der Waals surface area (Å²) < 4.78 is 11.4. The third-order valence-electron chi connectivity index (χ3n) is 11.7. The summed E-state index contributed by atoms with van der Waals surface area (Å²) in [5, 5.41) is 10.7. The quantitative estimate of drug-likeness (QED) is 0.184. The fourth-order valence-electron chi connectivity index (χ4n) is 9.31. The molecule has 5 aromatic heterocycles. The van der Waals surface area contributed by atoms with E-state index in [-0.39, 0.29) is 0 Å². The number of para-hydroxylation sites is 3. The summed E-state index contributed by atoms with van der Waals surface area (Å²) in [6.07, 6.45) is 0. The summed E-state index contributed by atoms with van der Waals surface area (Å²) in [5.41, 5.74) is 12.1. The Labute approximate surface area is 313 Å². The molecule has 5 nitrogen and oxygen atoms in total. The molecule has 0 aliphatic carbocycles. The van der Waals surface area contributed by atoms with E-state index < -0.39 is 0 Å². The molecule has 254 valence electrons. The summed E-state index contributed by atoms with van der Waals surface area (Å²) in [6.45, 7) is 0. The zero-order valence-electron chi connectivity index (χ0n) is 29.4. The number of furan rings is 1. The maximum atomic E-state index is 6.60. The van der Waals surface area contributed by atoms with Gasteiger partial charge in [0, 0.05) is 43.3 Å². The molecular weight excluding hydrogens is 673 g/mol. The molecule has 0 amide bonds. The maximum Gasteiger partial charge on any atom is 0.236 e. The second-order valence-electron chi connectivity index (χ2n) is 14.5. The molecular formula is C50H28N4O. The second kappa shape index (κ2) is 10.6. The van der Waals surface area contributed by atoms with Crippen molar-refractivity contribution >= 4 is 92.7 Å². The van der Waals surface area contributed by atoms with Gasteiger partial charge < -0.3 is 8.82 Å². The molecule has 0 aliphatic heterocycles. The number of hydrogen-bond acceptors (Lipinski definition) is 3. The Bertz CT molecular complexity index is 3700. The highest BCUT2D eigenvalue weighted by molar-refractivity contribution is 6.38. The minimum Gasteiger partial charge on any atom is -0.452 e. The Morgan fingerprint density at radius 2 is 1.07 bits per heavy atom. The van der Waals surface area contributed by atoms with Gasteiger partial charge in [0.25, 0.3) is 0 Å². The number of hydrogen-bond donors (Lipinski definition) is 0. The Kier molecular flexibility index (Phi) is 5.57. The van der Waals surface area contributed by atoms with E-state index >= 15 is 0 Å². The lowest BCUT2D eigenvalue weighted by Crippen LogP contribution is -2.03. The molecule has 13 rings (SSSR count). The smallest absolute Gasteiger partial charge is 0.236 e. The first-order chi connectivity index (χ1) is 27.3. The zero-order chi connectivity index (χ0) is 35.8. The minimum absolute atomic E-state index is 0.609. The first-order valence-electron chi connectivity index (χ1n) is 18.7. The van der Waals surface area contributed by atoms with Crippen LogP contribution in [0.5, 0.6) is 0 Å². The average molecular weight is 701 g/mol. The summed E-state index contributed by atoms with van der Waals surface area (Å²) in [5.74, 6) is 0.609. The normalized spacial score (nSPS) is 12.4. The van der Waals surface area contributed by atoms with Crippen LogP contribution in [0.15, 0.2) is 174 Å². The molecule has 0 atom stereocenters. The molecule has 13 aromatic rings. The molecule has 0 saturated heterocycles. The Hall–Kier alpha value is -7.50. The Balaban J connectivity index is 1.21. The van der Waals surface area contributed by atoms with Crippen molar-refractivity contribution in [3.8, 4) is 28.3 Å². The molecule has 8 aromatic carbocycles. The van der Waals surface area contributed by atoms with E-state index in [4.69, 9.17) is 14.4 Å². The molecule has 0 N–H and O–H groups in total. The van der Waals surface area contributed by atoms with Gasteiger partial charge in [-0.25, -0.2) is 9.97 Å². The van der Waals surface area contributed by atoms with Crippen molar-refractivity contribution in [1.82, 2.24) is 18.9 Å². The van der Waals surface area contributed by atoms with E-state index in [2.05, 4.69) is 155 Å². The molecule has 55 heavy (non-hydrogen) atoms. The molecule has 0 aliphatic rings. The third kappa shape index (κ3) is 3.81. The molecule has 0 spiro atoms. The highest BCUT2D eigenvalue weighted by Gasteiger charge is 2.27. The highest BCUT2D eigenvalue weighted by Crippen LogP contribution is 2.48. The predicted octanol–water partition coefficient (Wildman–Crippen LogP) is 13.1. The van der Waals surface area contributed by atoms with Crippen LogP contribution in [0, 0.1) is 0 Å². The van der Waals surface area contributed by atoms with E-state index in [0.717, 1.165) is 44.3 Å². The fraction of sp³-hybridized carbons (Fsp3) is 0. The number of benzene rings is 8. The lowest BCUT2D eigenvalue weighted by Gasteiger charge is -2.10. The molecule has 5 heterocycles. The van der Waals surface area contributed by atoms with Crippen LogP contribution in [-0.2, 0) is 0 Å². The van der Waals surface area contributed by atoms with Crippen LogP contribution in [0.4, 0.5) is 0 Å². The van der Waals surface area contributed by atoms with Gasteiger partial charge in [0.1, 0.15) is 16.8 Å². The van der Waals surface area contributed by atoms with Gasteiger partial charge in [-0.2, -0.15) is 0 Å². The van der Waals surface area contributed by atoms with Crippen LogP contribution in [0.3, 0.4) is 0 Å². The van der Waals surface area contributed by atoms with E-state index in [1.807, 2.05) is 24.3 Å². The van der Waals surface area contributed by atoms with Crippen LogP contribution in [0.25, 0.3) is 121 Å². The fourth-order valence-corrected chi connectivity index (χ4v) is 9.31. The van der Waals surface area contributed by atoms with Crippen molar-refractivity contribution in [1.29, 1.82) is 0 Å². The highest BCUT2D eigenvalue weighted by atomic mass is 16.3. The van der Waals surface area contributed by atoms with Crippen molar-refractivity contribution in [2.45, 2.75) is 0 Å². The lowest BCUT2D eigenvalue weighted by atomic mass is 9.99. The standard InChI is InChI=1S/C50H28N4O/c1-2-12-29(13-3-1)30-22-24-32(25-23-30)46-49-47(36-18-8-11-21-42(36)55-49)52-50(51-46)54-40-27-26-31-14-4-5-15-33(31)43(40)45-41(54)28-37-34-16-6-9-19-38(34)53-39-20-10-7-17-35(39)44(45)48(37)53/h1-28H. The first kappa shape index (κ1) is 29.0. The summed E-state index contributed by atoms with van der Waals surface area (Å²) in [4.78, 5) is 10.9. The maximum absolute atomic E-state index is 6.60. The average Bonchev–Trinajstić information content (AvgIpc) is 3.99. The molecule has 0 saturated carbocycles. The van der Waals surface area contributed by atoms with Crippen molar-refractivity contribution in [3.63, 3.8) is 0 Å². The SMILES string of the molecule is c1ccc(-c2ccc(-c3nc(-n4c5ccc6ccccc6c5c5c6c7ccccc7n7c8ccccc8c(cc54)c67)nc4c3oc3ccccc34)cc2)cc1. The number of nitrogens with zero attached hydrogens (tertiary/aromatic N) is 4. The minimum atomic E-state index is 0.609. The Morgan fingerprint density at radius 1 is 0.418 bits per heavy atom. The van der Waals surface area contributed by atoms with Crippen LogP contribution >= 0.6 is 0 Å². The summed E-state index contributed by atoms with van der Waals surface area (Å²) >= 11 is 0. The van der Waals surface area contributed by atoms with Gasteiger partial charge in [-0.1, -0.05) is 133 Å². The summed E-state index contributed by atoms with van der Waals surface area (Å²) in [7, 11) is 0. The van der Waals surface area contributed by atoms with Gasteiger partial charge in [-0.3, -0.25) is 4.57 Å². The van der Waals surface area contributed by atoms with Gasteiger partial charge in [0.2, 0.25) is 5.95 Å². The van der Waals surface area contributed by atoms with Gasteiger partial charge in [-0.05, 0) is 58.3 Å². The monoisotopic (exact) mass is 700 g/mol. The molecule has 0 unspecified atom stereocenters. The van der Waals surface area contributed by atoms with Gasteiger partial charge in [-0.15, -0.1) is 0 Å². The van der Waals surface area contributed by atoms with E-state index in [1.165, 1.54) is 65.2 Å². The summed E-state index contributed by atoms with van der Waals surface area (Å²) in [6, 6.07) is 60.4. The van der Waals surface area contributed by atoms with Gasteiger partial charge >= 0.3 is 0 Å². The van der Waals surface area contributed by atoms with E-state index in [1.54, 1.807) is 0 Å². The number of aromatic nitrogens is 4. The molecule has 5 heteroatoms. The lowest BCUT2D eigenvalue weighted by molar-refractivity contribution is 0.666. The van der Waals surface area contributed by atoms with Crippen molar-refractivity contribution in [3.05, 3.63) is 170 Å². The third-order valence-corrected chi connectivity index (χ3v) is 11.7. The second-order valence-corrected chi connectivity index (χ2v) is 14.5. The Morgan fingerprint density at radius 3 is 1.91 bits per heavy atom. The topological polar surface area (TPSA) is 48.3 Å². The van der Waals surface area contributed by atoms with E-state index in [9.17, 15) is 0 Å². The number of fused-ring (bicyclic) bond motifs is 15. The zero-order valence-corrected chi connectivity index (χ0v) is 29.4. The number of rotatable bonds is 3. The largest absolute Gasteiger partial charge is 0.452 e. The van der Waals surface area contributed by atoms with Crippen molar-refractivity contribution in [2.24, 2.45) is 0 Å². The molecule has 0 radical (unpaired) electrons. The van der Waals surface area contributed by atoms with E-state index in [0.29, 0.717) is 11.5 Å². The first-order valence-corrected chi connectivity index (χ1v) is 18.7.